The number of nitrogens with zero attached hydrogens (tertiary/aromatic N) is 2. The van der Waals surface area contributed by atoms with Crippen LogP contribution in [0.5, 0.6) is 0 Å². The van der Waals surface area contributed by atoms with Gasteiger partial charge in [-0.05, 0) is 60.7 Å². The summed E-state index contributed by atoms with van der Waals surface area (Å²) in [7, 11) is 0. The molecule has 0 bridgehead atoms. The Labute approximate surface area is 182 Å². The van der Waals surface area contributed by atoms with Crippen molar-refractivity contribution in [3.63, 3.8) is 0 Å². The largest absolute Gasteiger partial charge is 0.370 e. The number of hydrogen-bond donors (Lipinski definition) is 1. The molecule has 1 aliphatic heterocycles. The van der Waals surface area contributed by atoms with Gasteiger partial charge in [0.25, 0.3) is 0 Å². The minimum Gasteiger partial charge on any atom is -0.370 e. The van der Waals surface area contributed by atoms with E-state index in [1.807, 2.05) is 55.7 Å². The fourth-order valence-electron chi connectivity index (χ4n) is 3.93. The summed E-state index contributed by atoms with van der Waals surface area (Å²) in [5, 5.41) is 0.711. The zero-order valence-electron chi connectivity index (χ0n) is 17.0. The molecule has 0 radical (unpaired) electrons. The smallest absolute Gasteiger partial charge is 0.124 e. The molecule has 5 heteroatoms. The van der Waals surface area contributed by atoms with Gasteiger partial charge >= 0.3 is 0 Å². The van der Waals surface area contributed by atoms with Crippen molar-refractivity contribution < 1.29 is 4.39 Å². The third-order valence-corrected chi connectivity index (χ3v) is 5.73. The maximum atomic E-state index is 14.2. The quantitative estimate of drug-likeness (QED) is 0.566. The molecule has 2 aromatic carbocycles. The number of nitrogens with two attached hydrogens (primary N) is 1. The summed E-state index contributed by atoms with van der Waals surface area (Å²) >= 11 is 6.00. The van der Waals surface area contributed by atoms with Crippen LogP contribution < -0.4 is 10.6 Å². The Morgan fingerprint density at radius 1 is 1.07 bits per heavy atom. The standard InChI is InChI=1S/C25H25ClFN3/c1-17-12-20(14-22(27)13-17)24-16-29-15-19(5-2-18-3-6-21(26)7-4-18)25(24)30-10-8-23(28)9-11-30/h2-7,12-16,23H,8-11,28H2,1H3. The lowest BCUT2D eigenvalue weighted by Crippen LogP contribution is -2.40. The highest BCUT2D eigenvalue weighted by Crippen LogP contribution is 2.36. The van der Waals surface area contributed by atoms with Gasteiger partial charge in [-0.15, -0.1) is 0 Å². The first-order chi connectivity index (χ1) is 14.5. The third-order valence-electron chi connectivity index (χ3n) is 5.48. The summed E-state index contributed by atoms with van der Waals surface area (Å²) < 4.78 is 14.2. The Bertz CT molecular complexity index is 1030. The first kappa shape index (κ1) is 20.6. The lowest BCUT2D eigenvalue weighted by molar-refractivity contribution is 0.501. The molecule has 3 aromatic rings. The van der Waals surface area contributed by atoms with Gasteiger partial charge in [-0.2, -0.15) is 0 Å². The van der Waals surface area contributed by atoms with E-state index in [4.69, 9.17) is 17.3 Å². The Morgan fingerprint density at radius 2 is 1.80 bits per heavy atom. The molecule has 154 valence electrons. The first-order valence-electron chi connectivity index (χ1n) is 10.2. The van der Waals surface area contributed by atoms with E-state index in [2.05, 4.69) is 16.0 Å². The molecule has 0 unspecified atom stereocenters. The number of rotatable bonds is 4. The minimum absolute atomic E-state index is 0.232. The molecule has 0 saturated carbocycles. The van der Waals surface area contributed by atoms with Crippen molar-refractivity contribution in [2.75, 3.05) is 18.0 Å². The molecule has 1 fully saturated rings. The molecule has 0 spiro atoms. The lowest BCUT2D eigenvalue weighted by atomic mass is 9.97. The number of aryl methyl sites for hydroxylation is 1. The number of benzene rings is 2. The van der Waals surface area contributed by atoms with E-state index in [9.17, 15) is 4.39 Å². The number of halogens is 2. The van der Waals surface area contributed by atoms with Crippen molar-refractivity contribution in [2.24, 2.45) is 5.73 Å². The van der Waals surface area contributed by atoms with Crippen LogP contribution in [-0.2, 0) is 0 Å². The van der Waals surface area contributed by atoms with Crippen LogP contribution in [0.3, 0.4) is 0 Å². The van der Waals surface area contributed by atoms with Gasteiger partial charge in [0.2, 0.25) is 0 Å². The molecule has 1 saturated heterocycles. The molecular weight excluding hydrogens is 397 g/mol. The first-order valence-corrected chi connectivity index (χ1v) is 10.6. The molecule has 3 nitrogen and oxygen atoms in total. The van der Waals surface area contributed by atoms with E-state index in [1.165, 1.54) is 0 Å². The Balaban J connectivity index is 1.80. The molecular formula is C25H25ClFN3. The number of pyridine rings is 1. The molecule has 1 aromatic heterocycles. The van der Waals surface area contributed by atoms with E-state index >= 15 is 0 Å². The summed E-state index contributed by atoms with van der Waals surface area (Å²) in [6, 6.07) is 13.1. The van der Waals surface area contributed by atoms with Crippen LogP contribution in [0.2, 0.25) is 5.02 Å². The average Bonchev–Trinajstić information content (AvgIpc) is 2.73. The van der Waals surface area contributed by atoms with Crippen molar-refractivity contribution in [3.05, 3.63) is 82.4 Å². The Hall–Kier alpha value is -2.69. The van der Waals surface area contributed by atoms with Crippen molar-refractivity contribution in [2.45, 2.75) is 25.8 Å². The summed E-state index contributed by atoms with van der Waals surface area (Å²) in [5.74, 6) is -0.237. The lowest BCUT2D eigenvalue weighted by Gasteiger charge is -2.34. The van der Waals surface area contributed by atoms with Crippen LogP contribution in [0.15, 0.2) is 54.9 Å². The normalized spacial score (nSPS) is 15.1. The van der Waals surface area contributed by atoms with Crippen LogP contribution in [0.25, 0.3) is 23.3 Å². The summed E-state index contributed by atoms with van der Waals surface area (Å²) in [6.07, 6.45) is 9.68. The van der Waals surface area contributed by atoms with Crippen molar-refractivity contribution in [3.8, 4) is 11.1 Å². The molecule has 2 heterocycles. The maximum absolute atomic E-state index is 14.2. The highest BCUT2D eigenvalue weighted by molar-refractivity contribution is 6.30. The molecule has 0 aliphatic carbocycles. The summed E-state index contributed by atoms with van der Waals surface area (Å²) in [4.78, 5) is 6.82. The van der Waals surface area contributed by atoms with Crippen molar-refractivity contribution >= 4 is 29.4 Å². The molecule has 1 aliphatic rings. The molecule has 0 amide bonds. The van der Waals surface area contributed by atoms with Gasteiger partial charge in [0.15, 0.2) is 0 Å². The van der Waals surface area contributed by atoms with Crippen LogP contribution in [0, 0.1) is 12.7 Å². The predicted octanol–water partition coefficient (Wildman–Crippen LogP) is 5.95. The molecule has 4 rings (SSSR count). The summed E-state index contributed by atoms with van der Waals surface area (Å²) in [6.45, 7) is 3.65. The maximum Gasteiger partial charge on any atom is 0.124 e. The molecule has 2 N–H and O–H groups in total. The zero-order chi connectivity index (χ0) is 21.1. The van der Waals surface area contributed by atoms with E-state index in [0.29, 0.717) is 5.02 Å². The SMILES string of the molecule is Cc1cc(F)cc(-c2cncc(C=Cc3ccc(Cl)cc3)c2N2CCC(N)CC2)c1. The number of aromatic nitrogens is 1. The Morgan fingerprint density at radius 3 is 2.50 bits per heavy atom. The molecule has 30 heavy (non-hydrogen) atoms. The van der Waals surface area contributed by atoms with Crippen LogP contribution in [0.1, 0.15) is 29.5 Å². The monoisotopic (exact) mass is 421 g/mol. The highest BCUT2D eigenvalue weighted by atomic mass is 35.5. The van der Waals surface area contributed by atoms with E-state index in [1.54, 1.807) is 12.1 Å². The topological polar surface area (TPSA) is 42.2 Å². The average molecular weight is 422 g/mol. The number of piperidine rings is 1. The second-order valence-electron chi connectivity index (χ2n) is 7.85. The zero-order valence-corrected chi connectivity index (χ0v) is 17.7. The summed E-state index contributed by atoms with van der Waals surface area (Å²) in [5.41, 5.74) is 11.9. The molecule has 0 atom stereocenters. The van der Waals surface area contributed by atoms with Gasteiger partial charge in [-0.1, -0.05) is 42.0 Å². The van der Waals surface area contributed by atoms with Gasteiger partial charge in [-0.25, -0.2) is 4.39 Å². The highest BCUT2D eigenvalue weighted by Gasteiger charge is 2.22. The fourth-order valence-corrected chi connectivity index (χ4v) is 4.06. The van der Waals surface area contributed by atoms with Crippen molar-refractivity contribution in [1.29, 1.82) is 0 Å². The van der Waals surface area contributed by atoms with Crippen LogP contribution >= 0.6 is 11.6 Å². The second kappa shape index (κ2) is 8.99. The predicted molar refractivity (Wildman–Crippen MR) is 124 cm³/mol. The second-order valence-corrected chi connectivity index (χ2v) is 8.29. The third kappa shape index (κ3) is 4.72. The Kier molecular flexibility index (Phi) is 6.16. The van der Waals surface area contributed by atoms with Crippen LogP contribution in [0.4, 0.5) is 10.1 Å². The number of anilines is 1. The van der Waals surface area contributed by atoms with Gasteiger partial charge in [0, 0.05) is 47.7 Å². The van der Waals surface area contributed by atoms with E-state index in [-0.39, 0.29) is 11.9 Å². The van der Waals surface area contributed by atoms with Crippen molar-refractivity contribution in [1.82, 2.24) is 4.98 Å². The van der Waals surface area contributed by atoms with E-state index < -0.39 is 0 Å². The fraction of sp³-hybridized carbons (Fsp3) is 0.240. The number of hydrogen-bond acceptors (Lipinski definition) is 3. The van der Waals surface area contributed by atoms with Gasteiger partial charge in [0.05, 0.1) is 5.69 Å². The van der Waals surface area contributed by atoms with E-state index in [0.717, 1.165) is 59.4 Å². The minimum atomic E-state index is -0.237. The van der Waals surface area contributed by atoms with Gasteiger partial charge in [0.1, 0.15) is 5.82 Å². The van der Waals surface area contributed by atoms with Gasteiger partial charge < -0.3 is 10.6 Å². The van der Waals surface area contributed by atoms with Gasteiger partial charge in [-0.3, -0.25) is 4.98 Å². The van der Waals surface area contributed by atoms with Crippen LogP contribution in [-0.4, -0.2) is 24.1 Å².